The first-order chi connectivity index (χ1) is 18.9. The number of urea groups is 1. The minimum absolute atomic E-state index is 0.0732. The number of amides is 2. The first-order valence-electron chi connectivity index (χ1n) is 15.1. The van der Waals surface area contributed by atoms with Crippen LogP contribution in [-0.4, -0.2) is 66.8 Å². The average molecular weight is 589 g/mol. The van der Waals surface area contributed by atoms with Gasteiger partial charge in [-0.3, -0.25) is 0 Å². The minimum atomic E-state index is -0.778. The van der Waals surface area contributed by atoms with Crippen LogP contribution in [0.5, 0.6) is 0 Å². The molecule has 2 aliphatic rings. The van der Waals surface area contributed by atoms with Crippen LogP contribution in [0.4, 0.5) is 4.79 Å². The van der Waals surface area contributed by atoms with Crippen LogP contribution in [-0.2, 0) is 15.9 Å². The lowest BCUT2D eigenvalue weighted by atomic mass is 9.79. The van der Waals surface area contributed by atoms with Gasteiger partial charge in [-0.1, -0.05) is 18.2 Å². The molecule has 0 atom stereocenters. The van der Waals surface area contributed by atoms with Crippen LogP contribution in [0.1, 0.15) is 120 Å². The molecule has 2 fully saturated rings. The lowest BCUT2D eigenvalue weighted by Crippen LogP contribution is -2.64. The summed E-state index contributed by atoms with van der Waals surface area (Å²) in [6.07, 6.45) is 2.59. The number of nitrogens with one attached hydrogen (secondary N) is 2. The summed E-state index contributed by atoms with van der Waals surface area (Å²) in [5, 5.41) is 30.3. The summed E-state index contributed by atoms with van der Waals surface area (Å²) in [7, 11) is 0. The van der Waals surface area contributed by atoms with E-state index in [2.05, 4.69) is 10.6 Å². The number of carbonyl (C=O) groups is 1. The van der Waals surface area contributed by atoms with Gasteiger partial charge in [-0.15, -0.1) is 0 Å². The zero-order chi connectivity index (χ0) is 32.1. The SMILES string of the molecule is CC(C)(NC(=O)NC1CC(C)(C)N(O)C(C)(C)C1)c1cccc(C(C)(C)OC(N)=NC2CC(C)(C)N(O)C(C)(C)C2)c1. The average Bonchev–Trinajstić information content (AvgIpc) is 2.79. The third kappa shape index (κ3) is 7.56. The maximum atomic E-state index is 13.2. The van der Waals surface area contributed by atoms with E-state index in [1.165, 1.54) is 10.1 Å². The third-order valence-electron chi connectivity index (χ3n) is 8.97. The predicted molar refractivity (Wildman–Crippen MR) is 166 cm³/mol. The second-order valence-electron chi connectivity index (χ2n) is 15.9. The van der Waals surface area contributed by atoms with Crippen LogP contribution in [0.2, 0.25) is 0 Å². The number of rotatable bonds is 6. The largest absolute Gasteiger partial charge is 0.455 e. The normalized spacial score (nSPS) is 23.8. The molecule has 0 aliphatic carbocycles. The van der Waals surface area contributed by atoms with Crippen LogP contribution in [0.15, 0.2) is 29.3 Å². The van der Waals surface area contributed by atoms with Crippen LogP contribution in [0.25, 0.3) is 0 Å². The first kappa shape index (κ1) is 34.1. The predicted octanol–water partition coefficient (Wildman–Crippen LogP) is 5.61. The van der Waals surface area contributed by atoms with E-state index in [4.69, 9.17) is 15.5 Å². The van der Waals surface area contributed by atoms with Gasteiger partial charge in [0.2, 0.25) is 0 Å². The Kier molecular flexibility index (Phi) is 9.14. The maximum absolute atomic E-state index is 13.2. The molecule has 6 N–H and O–H groups in total. The molecule has 238 valence electrons. The Labute approximate surface area is 253 Å². The molecule has 1 aromatic carbocycles. The Morgan fingerprint density at radius 3 is 1.83 bits per heavy atom. The second kappa shape index (κ2) is 11.3. The van der Waals surface area contributed by atoms with Crippen molar-refractivity contribution in [2.75, 3.05) is 0 Å². The molecule has 0 saturated carbocycles. The van der Waals surface area contributed by atoms with E-state index in [9.17, 15) is 15.2 Å². The summed E-state index contributed by atoms with van der Waals surface area (Å²) in [5.74, 6) is 0. The van der Waals surface area contributed by atoms with Crippen molar-refractivity contribution in [1.29, 1.82) is 0 Å². The highest BCUT2D eigenvalue weighted by atomic mass is 16.5. The fourth-order valence-corrected chi connectivity index (χ4v) is 7.07. The topological polar surface area (TPSA) is 136 Å². The van der Waals surface area contributed by atoms with E-state index in [1.807, 2.05) is 107 Å². The summed E-state index contributed by atoms with van der Waals surface area (Å²) in [6.45, 7) is 23.8. The first-order valence-corrected chi connectivity index (χ1v) is 15.1. The van der Waals surface area contributed by atoms with E-state index < -0.39 is 33.3 Å². The second-order valence-corrected chi connectivity index (χ2v) is 15.9. The summed E-state index contributed by atoms with van der Waals surface area (Å²) in [6, 6.07) is 7.66. The number of benzene rings is 1. The molecule has 10 nitrogen and oxygen atoms in total. The fraction of sp³-hybridized carbons (Fsp3) is 0.750. The molecular formula is C32H56N6O4. The fourth-order valence-electron chi connectivity index (χ4n) is 7.07. The van der Waals surface area contributed by atoms with Crippen molar-refractivity contribution >= 4 is 12.1 Å². The van der Waals surface area contributed by atoms with Crippen LogP contribution in [0, 0.1) is 0 Å². The summed E-state index contributed by atoms with van der Waals surface area (Å²) in [4.78, 5) is 17.9. The number of hydrogen-bond acceptors (Lipinski definition) is 7. The van der Waals surface area contributed by atoms with Gasteiger partial charge in [-0.2, -0.15) is 10.1 Å². The molecule has 2 aliphatic heterocycles. The zero-order valence-corrected chi connectivity index (χ0v) is 27.9. The highest BCUT2D eigenvalue weighted by molar-refractivity contribution is 5.75. The zero-order valence-electron chi connectivity index (χ0n) is 27.9. The standard InChI is InChI=1S/C32H56N6O4/c1-27(2)17-23(18-28(3,4)37(27)40)34-25(33)42-32(11,12)22-15-13-14-21(16-22)31(9,10)36-26(39)35-24-19-29(5,6)38(41)30(7,8)20-24/h13-16,23-24,40-41H,17-20H2,1-12H3,(H2,33,34)(H2,35,36,39). The van der Waals surface area contributed by atoms with Crippen molar-refractivity contribution in [3.63, 3.8) is 0 Å². The highest BCUT2D eigenvalue weighted by Crippen LogP contribution is 2.39. The van der Waals surface area contributed by atoms with Crippen molar-refractivity contribution in [2.45, 2.75) is 154 Å². The summed E-state index contributed by atoms with van der Waals surface area (Å²) in [5.41, 5.74) is 4.92. The number of hydroxylamine groups is 4. The molecule has 2 amide bonds. The quantitative estimate of drug-likeness (QED) is 0.215. The molecule has 0 aromatic heterocycles. The number of ether oxygens (including phenoxy) is 1. The van der Waals surface area contributed by atoms with Gasteiger partial charge < -0.3 is 31.5 Å². The van der Waals surface area contributed by atoms with Crippen molar-refractivity contribution in [1.82, 2.24) is 20.8 Å². The monoisotopic (exact) mass is 588 g/mol. The Bertz CT molecular complexity index is 1140. The Morgan fingerprint density at radius 2 is 1.33 bits per heavy atom. The van der Waals surface area contributed by atoms with Gasteiger partial charge in [-0.25, -0.2) is 9.79 Å². The van der Waals surface area contributed by atoms with Gasteiger partial charge >= 0.3 is 6.03 Å². The smallest absolute Gasteiger partial charge is 0.315 e. The summed E-state index contributed by atoms with van der Waals surface area (Å²) < 4.78 is 6.21. The lowest BCUT2D eigenvalue weighted by Gasteiger charge is -2.51. The number of hydrogen-bond donors (Lipinski definition) is 5. The molecule has 3 rings (SSSR count). The van der Waals surface area contributed by atoms with Gasteiger partial charge in [0.15, 0.2) is 0 Å². The number of nitrogens with two attached hydrogens (primary N) is 1. The van der Waals surface area contributed by atoms with Crippen molar-refractivity contribution in [3.05, 3.63) is 35.4 Å². The number of nitrogens with zero attached hydrogens (tertiary/aromatic N) is 3. The Morgan fingerprint density at radius 1 is 0.881 bits per heavy atom. The van der Waals surface area contributed by atoms with E-state index >= 15 is 0 Å². The number of carbonyl (C=O) groups excluding carboxylic acids is 1. The highest BCUT2D eigenvalue weighted by Gasteiger charge is 2.46. The summed E-state index contributed by atoms with van der Waals surface area (Å²) >= 11 is 0. The molecule has 1 aromatic rings. The molecule has 0 spiro atoms. The molecule has 42 heavy (non-hydrogen) atoms. The van der Waals surface area contributed by atoms with Gasteiger partial charge in [-0.05, 0) is 126 Å². The third-order valence-corrected chi connectivity index (χ3v) is 8.97. The Hall–Kier alpha value is -2.40. The molecule has 0 radical (unpaired) electrons. The molecule has 10 heteroatoms. The van der Waals surface area contributed by atoms with E-state index in [0.29, 0.717) is 25.7 Å². The van der Waals surface area contributed by atoms with Crippen molar-refractivity contribution in [3.8, 4) is 0 Å². The van der Waals surface area contributed by atoms with Crippen LogP contribution >= 0.6 is 0 Å². The van der Waals surface area contributed by atoms with Crippen LogP contribution in [0.3, 0.4) is 0 Å². The molecule has 2 saturated heterocycles. The number of amidine groups is 1. The van der Waals surface area contributed by atoms with E-state index in [1.54, 1.807) is 0 Å². The molecule has 0 bridgehead atoms. The van der Waals surface area contributed by atoms with Gasteiger partial charge in [0.1, 0.15) is 5.60 Å². The molecular weight excluding hydrogens is 532 g/mol. The van der Waals surface area contributed by atoms with Crippen molar-refractivity contribution in [2.24, 2.45) is 10.7 Å². The molecule has 0 unspecified atom stereocenters. The Balaban J connectivity index is 1.70. The van der Waals surface area contributed by atoms with E-state index in [0.717, 1.165) is 11.1 Å². The van der Waals surface area contributed by atoms with Crippen LogP contribution < -0.4 is 16.4 Å². The van der Waals surface area contributed by atoms with E-state index in [-0.39, 0.29) is 24.1 Å². The minimum Gasteiger partial charge on any atom is -0.455 e. The van der Waals surface area contributed by atoms with Gasteiger partial charge in [0, 0.05) is 28.2 Å². The molecule has 2 heterocycles. The van der Waals surface area contributed by atoms with Gasteiger partial charge in [0.25, 0.3) is 6.02 Å². The van der Waals surface area contributed by atoms with Gasteiger partial charge in [0.05, 0.1) is 11.6 Å². The number of aliphatic imine (C=N–C) groups is 1. The maximum Gasteiger partial charge on any atom is 0.315 e. The lowest BCUT2D eigenvalue weighted by molar-refractivity contribution is -0.245. The van der Waals surface area contributed by atoms with Crippen molar-refractivity contribution < 1.29 is 19.9 Å². The number of piperidine rings is 2.